The van der Waals surface area contributed by atoms with Crippen molar-refractivity contribution in [2.45, 2.75) is 54.8 Å². The van der Waals surface area contributed by atoms with Gasteiger partial charge in [0, 0.05) is 10.6 Å². The molecule has 260 valence electrons. The maximum Gasteiger partial charge on any atom is 0.271 e. The lowest BCUT2D eigenvalue weighted by Gasteiger charge is -2.31. The molecule has 51 heavy (non-hydrogen) atoms. The zero-order chi connectivity index (χ0) is 36.2. The second-order valence-electron chi connectivity index (χ2n) is 13.2. The third-order valence-electron chi connectivity index (χ3n) is 8.93. The van der Waals surface area contributed by atoms with Crippen LogP contribution in [0.15, 0.2) is 133 Å². The summed E-state index contributed by atoms with van der Waals surface area (Å²) in [5, 5.41) is 1.71. The molecule has 7 heteroatoms. The molecule has 6 aromatic carbocycles. The Kier molecular flexibility index (Phi) is 10.8. The van der Waals surface area contributed by atoms with Gasteiger partial charge < -0.3 is 9.47 Å². The number of para-hydroxylation sites is 2. The van der Waals surface area contributed by atoms with E-state index in [4.69, 9.17) is 13.8 Å². The SMILES string of the molecule is Cc1cc(C)c(P(=O)(OP(=O)(c2ccccc2OCc2ccccc2)c2c(C)cc(C)cc2C)c2ccccc2OCc2ccccc2)c(C)c1. The molecule has 0 heterocycles. The summed E-state index contributed by atoms with van der Waals surface area (Å²) in [6.45, 7) is 12.3. The van der Waals surface area contributed by atoms with E-state index < -0.39 is 14.7 Å². The molecule has 5 nitrogen and oxygen atoms in total. The van der Waals surface area contributed by atoms with Gasteiger partial charge in [0.05, 0.1) is 10.6 Å². The van der Waals surface area contributed by atoms with E-state index in [1.54, 1.807) is 24.3 Å². The monoisotopic (exact) mass is 714 g/mol. The topological polar surface area (TPSA) is 61.8 Å². The van der Waals surface area contributed by atoms with Crippen molar-refractivity contribution in [1.29, 1.82) is 0 Å². The van der Waals surface area contributed by atoms with Crippen LogP contribution >= 0.6 is 14.7 Å². The quantitative estimate of drug-likeness (QED) is 0.118. The molecule has 0 aliphatic heterocycles. The van der Waals surface area contributed by atoms with Gasteiger partial charge in [0.2, 0.25) is 0 Å². The molecule has 0 aliphatic carbocycles. The third-order valence-corrected chi connectivity index (χ3v) is 15.4. The molecule has 0 N–H and O–H groups in total. The summed E-state index contributed by atoms with van der Waals surface area (Å²) >= 11 is 0. The van der Waals surface area contributed by atoms with E-state index in [0.29, 0.717) is 32.7 Å². The first-order valence-electron chi connectivity index (χ1n) is 17.1. The molecule has 0 spiro atoms. The highest BCUT2D eigenvalue weighted by Crippen LogP contribution is 2.64. The fraction of sp³-hybridized carbons (Fsp3) is 0.182. The summed E-state index contributed by atoms with van der Waals surface area (Å²) in [7, 11) is -8.45. The maximum atomic E-state index is 16.4. The van der Waals surface area contributed by atoms with Gasteiger partial charge in [-0.25, -0.2) is 0 Å². The van der Waals surface area contributed by atoms with Gasteiger partial charge >= 0.3 is 0 Å². The maximum absolute atomic E-state index is 16.4. The van der Waals surface area contributed by atoms with Crippen LogP contribution in [-0.2, 0) is 26.7 Å². The minimum atomic E-state index is -4.22. The van der Waals surface area contributed by atoms with Crippen molar-refractivity contribution >= 4 is 36.0 Å². The molecule has 2 atom stereocenters. The highest BCUT2D eigenvalue weighted by Gasteiger charge is 2.46. The summed E-state index contributed by atoms with van der Waals surface area (Å²) in [6.07, 6.45) is 0. The minimum Gasteiger partial charge on any atom is -0.488 e. The van der Waals surface area contributed by atoms with E-state index in [-0.39, 0.29) is 13.2 Å². The van der Waals surface area contributed by atoms with Gasteiger partial charge in [-0.05, 0) is 99.2 Å². The van der Waals surface area contributed by atoms with Crippen molar-refractivity contribution in [2.75, 3.05) is 0 Å². The highest BCUT2D eigenvalue weighted by atomic mass is 31.2. The molecule has 0 fully saturated rings. The fourth-order valence-corrected chi connectivity index (χ4v) is 13.6. The molecule has 0 radical (unpaired) electrons. The van der Waals surface area contributed by atoms with Crippen LogP contribution in [0.2, 0.25) is 0 Å². The van der Waals surface area contributed by atoms with Gasteiger partial charge in [-0.2, -0.15) is 0 Å². The standard InChI is InChI=1S/C44H44O5P2/c1-31-25-33(3)43(34(4)26-31)50(45,41-23-15-13-21-39(41)47-29-37-17-9-7-10-18-37)49-51(46,44-35(5)27-32(2)28-36(44)6)42-24-16-14-22-40(42)48-30-38-19-11-8-12-20-38/h7-28H,29-30H2,1-6H3. The lowest BCUT2D eigenvalue weighted by molar-refractivity contribution is 0.308. The van der Waals surface area contributed by atoms with E-state index in [1.165, 1.54) is 0 Å². The van der Waals surface area contributed by atoms with Gasteiger partial charge in [-0.3, -0.25) is 13.4 Å². The van der Waals surface area contributed by atoms with Crippen molar-refractivity contribution < 1.29 is 22.9 Å². The number of hydrogen-bond acceptors (Lipinski definition) is 5. The van der Waals surface area contributed by atoms with Crippen LogP contribution in [0.3, 0.4) is 0 Å². The Morgan fingerprint density at radius 3 is 1.10 bits per heavy atom. The zero-order valence-corrected chi connectivity index (χ0v) is 31.8. The number of aryl methyl sites for hydroxylation is 6. The minimum absolute atomic E-state index is 0.258. The van der Waals surface area contributed by atoms with Gasteiger partial charge in [0.15, 0.2) is 0 Å². The Morgan fingerprint density at radius 2 is 0.745 bits per heavy atom. The summed E-state index contributed by atoms with van der Waals surface area (Å²) in [4.78, 5) is 0. The first kappa shape index (κ1) is 36.1. The van der Waals surface area contributed by atoms with Crippen molar-refractivity contribution in [3.63, 3.8) is 0 Å². The lowest BCUT2D eigenvalue weighted by atomic mass is 10.1. The predicted octanol–water partition coefficient (Wildman–Crippen LogP) is 9.87. The molecular weight excluding hydrogens is 670 g/mol. The Balaban J connectivity index is 1.60. The van der Waals surface area contributed by atoms with Crippen LogP contribution < -0.4 is 30.7 Å². The average Bonchev–Trinajstić information content (AvgIpc) is 3.10. The summed E-state index contributed by atoms with van der Waals surface area (Å²) in [5.41, 5.74) is 7.12. The van der Waals surface area contributed by atoms with Crippen LogP contribution in [-0.4, -0.2) is 0 Å². The first-order valence-corrected chi connectivity index (χ1v) is 20.4. The Hall–Kier alpha value is -4.66. The molecular formula is C44H44O5P2. The molecule has 6 rings (SSSR count). The molecule has 0 saturated carbocycles. The van der Waals surface area contributed by atoms with Gasteiger partial charge in [0.25, 0.3) is 14.7 Å². The van der Waals surface area contributed by atoms with Gasteiger partial charge in [-0.15, -0.1) is 0 Å². The van der Waals surface area contributed by atoms with Crippen molar-refractivity contribution in [3.05, 3.63) is 178 Å². The van der Waals surface area contributed by atoms with E-state index in [0.717, 1.165) is 44.5 Å². The van der Waals surface area contributed by atoms with E-state index in [1.807, 2.05) is 151 Å². The Morgan fingerprint density at radius 1 is 0.431 bits per heavy atom. The molecule has 6 aromatic rings. The smallest absolute Gasteiger partial charge is 0.271 e. The van der Waals surface area contributed by atoms with Crippen molar-refractivity contribution in [2.24, 2.45) is 0 Å². The highest BCUT2D eigenvalue weighted by molar-refractivity contribution is 7.86. The zero-order valence-electron chi connectivity index (χ0n) is 30.1. The average molecular weight is 715 g/mol. The summed E-state index contributed by atoms with van der Waals surface area (Å²) < 4.78 is 52.8. The van der Waals surface area contributed by atoms with Crippen molar-refractivity contribution in [1.82, 2.24) is 0 Å². The molecule has 0 saturated heterocycles. The van der Waals surface area contributed by atoms with Gasteiger partial charge in [0.1, 0.15) is 24.7 Å². The largest absolute Gasteiger partial charge is 0.488 e. The summed E-state index contributed by atoms with van der Waals surface area (Å²) in [5.74, 6) is 0.808. The van der Waals surface area contributed by atoms with Crippen LogP contribution in [0.4, 0.5) is 0 Å². The predicted molar refractivity (Wildman–Crippen MR) is 211 cm³/mol. The fourth-order valence-electron chi connectivity index (χ4n) is 6.96. The number of benzene rings is 6. The molecule has 0 amide bonds. The third kappa shape index (κ3) is 7.67. The number of rotatable bonds is 12. The lowest BCUT2D eigenvalue weighted by Crippen LogP contribution is -2.29. The Bertz CT molecular complexity index is 2060. The number of ether oxygens (including phenoxy) is 2. The molecule has 0 aromatic heterocycles. The van der Waals surface area contributed by atoms with E-state index >= 15 is 9.13 Å². The second kappa shape index (κ2) is 15.3. The normalized spacial score (nSPS) is 13.6. The van der Waals surface area contributed by atoms with Crippen molar-refractivity contribution in [3.8, 4) is 11.5 Å². The van der Waals surface area contributed by atoms with Crippen LogP contribution in [0.25, 0.3) is 0 Å². The molecule has 0 aliphatic rings. The Labute approximate surface area is 302 Å². The first-order chi connectivity index (χ1) is 24.5. The van der Waals surface area contributed by atoms with Gasteiger partial charge in [-0.1, -0.05) is 120 Å². The van der Waals surface area contributed by atoms with Crippen LogP contribution in [0.1, 0.15) is 44.5 Å². The molecule has 2 unspecified atom stereocenters. The van der Waals surface area contributed by atoms with Crippen LogP contribution in [0.5, 0.6) is 11.5 Å². The van der Waals surface area contributed by atoms with Crippen LogP contribution in [0, 0.1) is 41.5 Å². The number of hydrogen-bond donors (Lipinski definition) is 0. The summed E-state index contributed by atoms with van der Waals surface area (Å²) in [6, 6.07) is 42.2. The van der Waals surface area contributed by atoms with E-state index in [2.05, 4.69) is 0 Å². The van der Waals surface area contributed by atoms with E-state index in [9.17, 15) is 0 Å². The molecule has 0 bridgehead atoms. The second-order valence-corrected chi connectivity index (χ2v) is 17.9.